The molecule has 1 aliphatic rings. The van der Waals surface area contributed by atoms with Crippen LogP contribution in [0.1, 0.15) is 41.5 Å². The van der Waals surface area contributed by atoms with E-state index in [-0.39, 0.29) is 11.5 Å². The molecule has 0 radical (unpaired) electrons. The van der Waals surface area contributed by atoms with E-state index in [2.05, 4.69) is 45.2 Å². The Morgan fingerprint density at radius 3 is 2.81 bits per heavy atom. The third-order valence-electron chi connectivity index (χ3n) is 5.75. The van der Waals surface area contributed by atoms with Crippen LogP contribution in [-0.2, 0) is 11.8 Å². The van der Waals surface area contributed by atoms with Crippen molar-refractivity contribution in [1.82, 2.24) is 4.98 Å². The number of aromatic amines is 1. The maximum atomic E-state index is 12.0. The monoisotopic (exact) mass is 406 g/mol. The maximum Gasteiger partial charge on any atom is 0.251 e. The molecule has 2 aromatic carbocycles. The first-order valence-corrected chi connectivity index (χ1v) is 9.55. The van der Waals surface area contributed by atoms with Gasteiger partial charge in [-0.2, -0.15) is 5.26 Å². The van der Waals surface area contributed by atoms with Crippen molar-refractivity contribution in [1.29, 1.82) is 5.26 Å². The zero-order valence-corrected chi connectivity index (χ0v) is 16.4. The quantitative estimate of drug-likeness (QED) is 0.642. The van der Waals surface area contributed by atoms with Gasteiger partial charge in [0.1, 0.15) is 0 Å². The van der Waals surface area contributed by atoms with Crippen molar-refractivity contribution < 1.29 is 0 Å². The molecule has 1 N–H and O–H groups in total. The Balaban J connectivity index is 1.86. The van der Waals surface area contributed by atoms with Crippen LogP contribution >= 0.6 is 15.9 Å². The van der Waals surface area contributed by atoms with Gasteiger partial charge < -0.3 is 4.98 Å². The first-order valence-electron chi connectivity index (χ1n) is 8.76. The molecule has 0 spiro atoms. The Kier molecular flexibility index (Phi) is 4.00. The summed E-state index contributed by atoms with van der Waals surface area (Å²) in [5, 5.41) is 11.1. The summed E-state index contributed by atoms with van der Waals surface area (Å²) in [6.07, 6.45) is 1.95. The molecule has 3 aromatic rings. The van der Waals surface area contributed by atoms with E-state index in [9.17, 15) is 10.1 Å². The summed E-state index contributed by atoms with van der Waals surface area (Å²) < 4.78 is 1.04. The van der Waals surface area contributed by atoms with Gasteiger partial charge in [0.15, 0.2) is 0 Å². The van der Waals surface area contributed by atoms with Crippen molar-refractivity contribution >= 4 is 26.8 Å². The molecule has 0 bridgehead atoms. The molecule has 0 amide bonds. The lowest BCUT2D eigenvalue weighted by atomic mass is 9.70. The molecule has 3 nitrogen and oxygen atoms in total. The van der Waals surface area contributed by atoms with E-state index in [0.29, 0.717) is 5.56 Å². The van der Waals surface area contributed by atoms with Crippen molar-refractivity contribution in [3.05, 3.63) is 79.5 Å². The van der Waals surface area contributed by atoms with Gasteiger partial charge in [-0.05, 0) is 73.0 Å². The van der Waals surface area contributed by atoms with Crippen molar-refractivity contribution in [3.63, 3.8) is 0 Å². The number of hydrogen-bond acceptors (Lipinski definition) is 2. The Morgan fingerprint density at radius 1 is 1.23 bits per heavy atom. The number of H-pyrrole nitrogens is 1. The molecule has 1 heterocycles. The van der Waals surface area contributed by atoms with E-state index in [1.807, 2.05) is 31.2 Å². The molecular weight excluding hydrogens is 388 g/mol. The van der Waals surface area contributed by atoms with Crippen LogP contribution in [0.5, 0.6) is 0 Å². The lowest BCUT2D eigenvalue weighted by Gasteiger charge is -2.30. The number of nitrogens with zero attached hydrogens (tertiary/aromatic N) is 1. The van der Waals surface area contributed by atoms with Gasteiger partial charge in [0.2, 0.25) is 0 Å². The van der Waals surface area contributed by atoms with E-state index in [4.69, 9.17) is 0 Å². The number of aromatic nitrogens is 1. The maximum absolute atomic E-state index is 12.0. The van der Waals surface area contributed by atoms with Gasteiger partial charge in [0, 0.05) is 21.5 Å². The fraction of sp³-hybridized carbons (Fsp3) is 0.273. The first kappa shape index (κ1) is 17.1. The number of fused-ring (bicyclic) bond motifs is 2. The summed E-state index contributed by atoms with van der Waals surface area (Å²) in [6.45, 7) is 3.82. The molecule has 4 heteroatoms. The molecule has 1 aromatic heterocycles. The molecular formula is C22H19BrN2O. The minimum Gasteiger partial charge on any atom is -0.322 e. The number of halogens is 1. The fourth-order valence-corrected chi connectivity index (χ4v) is 4.53. The molecule has 1 aliphatic carbocycles. The van der Waals surface area contributed by atoms with Crippen molar-refractivity contribution in [2.24, 2.45) is 0 Å². The summed E-state index contributed by atoms with van der Waals surface area (Å²) in [7, 11) is 0. The zero-order valence-electron chi connectivity index (χ0n) is 14.8. The van der Waals surface area contributed by atoms with Crippen molar-refractivity contribution in [2.45, 2.75) is 38.0 Å². The topological polar surface area (TPSA) is 56.6 Å². The number of pyridine rings is 1. The predicted molar refractivity (Wildman–Crippen MR) is 107 cm³/mol. The van der Waals surface area contributed by atoms with E-state index >= 15 is 0 Å². The number of nitrogens with one attached hydrogen (secondary N) is 1. The lowest BCUT2D eigenvalue weighted by Crippen LogP contribution is -2.27. The second-order valence-electron chi connectivity index (χ2n) is 7.33. The van der Waals surface area contributed by atoms with Crippen LogP contribution < -0.4 is 5.56 Å². The SMILES string of the molecule is Cc1cc2ccc(C(C)(C#N)[C@@H]3CCc4ccc(Br)cc43)cc2[nH]c1=O. The van der Waals surface area contributed by atoms with Gasteiger partial charge in [0.25, 0.3) is 5.56 Å². The fourth-order valence-electron chi connectivity index (χ4n) is 4.15. The number of nitriles is 1. The molecule has 0 saturated heterocycles. The highest BCUT2D eigenvalue weighted by Crippen LogP contribution is 2.47. The van der Waals surface area contributed by atoms with E-state index in [1.165, 1.54) is 11.1 Å². The van der Waals surface area contributed by atoms with Crippen molar-refractivity contribution in [2.75, 3.05) is 0 Å². The van der Waals surface area contributed by atoms with Crippen LogP contribution in [0.4, 0.5) is 0 Å². The summed E-state index contributed by atoms with van der Waals surface area (Å²) in [4.78, 5) is 14.9. The molecule has 0 fully saturated rings. The highest BCUT2D eigenvalue weighted by atomic mass is 79.9. The summed E-state index contributed by atoms with van der Waals surface area (Å²) in [5.74, 6) is 0.134. The van der Waals surface area contributed by atoms with E-state index in [0.717, 1.165) is 33.8 Å². The molecule has 26 heavy (non-hydrogen) atoms. The summed E-state index contributed by atoms with van der Waals surface area (Å²) in [5.41, 5.74) is 4.27. The van der Waals surface area contributed by atoms with Gasteiger partial charge in [0.05, 0.1) is 11.5 Å². The number of benzene rings is 2. The second-order valence-corrected chi connectivity index (χ2v) is 8.25. The number of hydrogen-bond donors (Lipinski definition) is 1. The van der Waals surface area contributed by atoms with E-state index in [1.54, 1.807) is 6.92 Å². The second kappa shape index (κ2) is 6.10. The average molecular weight is 407 g/mol. The van der Waals surface area contributed by atoms with Crippen LogP contribution in [0, 0.1) is 18.3 Å². The Hall–Kier alpha value is -2.38. The Morgan fingerprint density at radius 2 is 2.04 bits per heavy atom. The van der Waals surface area contributed by atoms with Gasteiger partial charge >= 0.3 is 0 Å². The Bertz CT molecular complexity index is 1130. The average Bonchev–Trinajstić information content (AvgIpc) is 3.05. The third kappa shape index (κ3) is 2.59. The minimum absolute atomic E-state index is 0.0801. The van der Waals surface area contributed by atoms with Gasteiger partial charge in [-0.1, -0.05) is 34.1 Å². The standard InChI is InChI=1S/C22H19BrN2O/c1-13-9-15-3-6-16(10-20(15)25-21(13)26)22(2,12-24)19-8-5-14-4-7-17(23)11-18(14)19/h3-4,6-7,9-11,19H,5,8H2,1-2H3,(H,25,26)/t19-,22?/m1/s1. The highest BCUT2D eigenvalue weighted by molar-refractivity contribution is 9.10. The highest BCUT2D eigenvalue weighted by Gasteiger charge is 2.41. The van der Waals surface area contributed by atoms with Crippen LogP contribution in [0.2, 0.25) is 0 Å². The third-order valence-corrected chi connectivity index (χ3v) is 6.24. The molecule has 2 atom stereocenters. The predicted octanol–water partition coefficient (Wildman–Crippen LogP) is 5.11. The van der Waals surface area contributed by atoms with E-state index < -0.39 is 5.41 Å². The molecule has 0 saturated carbocycles. The number of rotatable bonds is 2. The summed E-state index contributed by atoms with van der Waals surface area (Å²) in [6, 6.07) is 16.8. The van der Waals surface area contributed by atoms with Gasteiger partial charge in [-0.3, -0.25) is 4.79 Å². The number of aryl methyl sites for hydroxylation is 2. The molecule has 130 valence electrons. The van der Waals surface area contributed by atoms with Crippen LogP contribution in [0.25, 0.3) is 10.9 Å². The molecule has 4 rings (SSSR count). The smallest absolute Gasteiger partial charge is 0.251 e. The van der Waals surface area contributed by atoms with Gasteiger partial charge in [-0.15, -0.1) is 0 Å². The molecule has 0 aliphatic heterocycles. The minimum atomic E-state index is -0.651. The summed E-state index contributed by atoms with van der Waals surface area (Å²) >= 11 is 3.56. The van der Waals surface area contributed by atoms with Crippen LogP contribution in [0.3, 0.4) is 0 Å². The largest absolute Gasteiger partial charge is 0.322 e. The zero-order chi connectivity index (χ0) is 18.5. The van der Waals surface area contributed by atoms with Crippen LogP contribution in [-0.4, -0.2) is 4.98 Å². The van der Waals surface area contributed by atoms with Crippen molar-refractivity contribution in [3.8, 4) is 6.07 Å². The molecule has 1 unspecified atom stereocenters. The van der Waals surface area contributed by atoms with Crippen LogP contribution in [0.15, 0.2) is 51.7 Å². The Labute approximate surface area is 160 Å². The first-order chi connectivity index (χ1) is 12.4. The van der Waals surface area contributed by atoms with Gasteiger partial charge in [-0.25, -0.2) is 0 Å². The lowest BCUT2D eigenvalue weighted by molar-refractivity contribution is 0.469. The normalized spacial score (nSPS) is 18.3.